The Bertz CT molecular complexity index is 895. The Morgan fingerprint density at radius 1 is 0.528 bits per heavy atom. The van der Waals surface area contributed by atoms with E-state index in [2.05, 4.69) is 162 Å². The smallest absolute Gasteiger partial charge is 0.534 e. The molecule has 185 valence electrons. The third kappa shape index (κ3) is 10.5. The van der Waals surface area contributed by atoms with E-state index in [9.17, 15) is 0 Å². The van der Waals surface area contributed by atoms with Crippen LogP contribution >= 0.6 is 16.5 Å². The average molecular weight is 596 g/mol. The summed E-state index contributed by atoms with van der Waals surface area (Å²) in [5.74, 6) is 2.66. The molecular weight excluding hydrogens is 559 g/mol. The van der Waals surface area contributed by atoms with Gasteiger partial charge in [-0.3, -0.25) is 0 Å². The van der Waals surface area contributed by atoms with Crippen LogP contribution in [0.4, 0.5) is 0 Å². The van der Waals surface area contributed by atoms with Crippen molar-refractivity contribution in [1.82, 2.24) is 0 Å². The van der Waals surface area contributed by atoms with Gasteiger partial charge in [-0.25, -0.2) is 0 Å². The minimum Gasteiger partial charge on any atom is -0.534 e. The van der Waals surface area contributed by atoms with Gasteiger partial charge < -0.3 is 8.58 Å². The summed E-state index contributed by atoms with van der Waals surface area (Å²) in [4.78, 5) is 0. The van der Waals surface area contributed by atoms with E-state index in [0.717, 1.165) is 11.3 Å². The number of hydrogen-bond acceptors (Lipinski definition) is 0. The predicted molar refractivity (Wildman–Crippen MR) is 160 cm³/mol. The van der Waals surface area contributed by atoms with Crippen molar-refractivity contribution >= 4 is 32.4 Å². The van der Waals surface area contributed by atoms with Crippen LogP contribution in [0.25, 0.3) is 0 Å². The molecule has 0 heterocycles. The third-order valence-corrected chi connectivity index (χ3v) is 8.82. The number of allylic oxidation sites excluding steroid dienone is 4. The summed E-state index contributed by atoms with van der Waals surface area (Å²) < 4.78 is 0. The van der Waals surface area contributed by atoms with Crippen molar-refractivity contribution < 1.29 is 19.5 Å². The van der Waals surface area contributed by atoms with Crippen LogP contribution in [-0.2, 0) is 19.5 Å². The quantitative estimate of drug-likeness (QED) is 0.207. The molecule has 1 fully saturated rings. The molecule has 3 aromatic rings. The molecule has 0 N–H and O–H groups in total. The molecule has 2 aliphatic rings. The molecule has 5 rings (SSSR count). The third-order valence-electron chi connectivity index (χ3n) is 5.19. The maximum Gasteiger partial charge on any atom is 2.00 e. The summed E-state index contributed by atoms with van der Waals surface area (Å²) >= 11 is 0. The Morgan fingerprint density at radius 2 is 0.861 bits per heavy atom. The van der Waals surface area contributed by atoms with Gasteiger partial charge in [0.2, 0.25) is 0 Å². The Balaban J connectivity index is 0.000000224. The molecule has 3 heteroatoms. The molecule has 5 radical (unpaired) electrons. The maximum absolute atomic E-state index is 2.25. The van der Waals surface area contributed by atoms with Crippen molar-refractivity contribution in [2.75, 3.05) is 0 Å². The van der Waals surface area contributed by atoms with Crippen LogP contribution in [0.3, 0.4) is 0 Å². The molecular formula is C33H36P2Ru+. The van der Waals surface area contributed by atoms with Gasteiger partial charge in [-0.15, -0.1) is 0 Å². The van der Waals surface area contributed by atoms with Crippen LogP contribution in [-0.4, -0.2) is 11.3 Å². The molecule has 0 atom stereocenters. The van der Waals surface area contributed by atoms with Gasteiger partial charge in [-0.2, -0.15) is 11.3 Å². The minimum atomic E-state index is -0.446. The SMILES string of the molecule is CC(C)[P-]C(C)C.[CH]1[CH][C]2C=CC=C[C]2[CH]1.[Ru+2].c1ccc(P(c2ccccc2)c2ccccc2)cc1. The molecule has 0 bridgehead atoms. The molecule has 2 aliphatic carbocycles. The van der Waals surface area contributed by atoms with Gasteiger partial charge >= 0.3 is 19.5 Å². The summed E-state index contributed by atoms with van der Waals surface area (Å²) in [6.07, 6.45) is 14.7. The van der Waals surface area contributed by atoms with Crippen molar-refractivity contribution in [3.63, 3.8) is 0 Å². The number of fused-ring (bicyclic) bond motifs is 1. The fourth-order valence-corrected chi connectivity index (χ4v) is 7.34. The predicted octanol–water partition coefficient (Wildman–Crippen LogP) is 8.08. The van der Waals surface area contributed by atoms with Crippen molar-refractivity contribution in [3.05, 3.63) is 146 Å². The van der Waals surface area contributed by atoms with Crippen LogP contribution < -0.4 is 15.9 Å². The second-order valence-corrected chi connectivity index (χ2v) is 13.4. The zero-order valence-electron chi connectivity index (χ0n) is 21.6. The van der Waals surface area contributed by atoms with E-state index in [1.165, 1.54) is 27.7 Å². The van der Waals surface area contributed by atoms with Crippen LogP contribution in [0.1, 0.15) is 27.7 Å². The standard InChI is InChI=1S/C18H15P.C9H7.C6H14P.Ru/c1-4-10-16(11-5-1)19(17-12-6-2-7-13-17)18-14-8-3-9-15-18;1-2-5-9-7-3-6-8(9)4-1;1-5(2)7-6(3)4;/h1-15H;1-7H;5-6H,1-4H3;/q;;-1;+2. The van der Waals surface area contributed by atoms with Crippen LogP contribution in [0, 0.1) is 31.1 Å². The van der Waals surface area contributed by atoms with E-state index < -0.39 is 7.92 Å². The van der Waals surface area contributed by atoms with Crippen molar-refractivity contribution in [2.24, 2.45) is 0 Å². The molecule has 0 aromatic heterocycles. The molecule has 36 heavy (non-hydrogen) atoms. The molecule has 0 unspecified atom stereocenters. The summed E-state index contributed by atoms with van der Waals surface area (Å²) in [7, 11) is 1.13. The van der Waals surface area contributed by atoms with Crippen LogP contribution in [0.15, 0.2) is 115 Å². The Labute approximate surface area is 236 Å². The van der Waals surface area contributed by atoms with E-state index in [1.807, 2.05) is 0 Å². The topological polar surface area (TPSA) is 0 Å². The van der Waals surface area contributed by atoms with Gasteiger partial charge in [0, 0.05) is 11.8 Å². The Morgan fingerprint density at radius 3 is 1.14 bits per heavy atom. The van der Waals surface area contributed by atoms with Crippen molar-refractivity contribution in [1.29, 1.82) is 0 Å². The normalized spacial score (nSPS) is 14.5. The molecule has 0 aliphatic heterocycles. The van der Waals surface area contributed by atoms with Crippen molar-refractivity contribution in [2.45, 2.75) is 39.0 Å². The summed E-state index contributed by atoms with van der Waals surface area (Å²) in [5.41, 5.74) is 1.69. The molecule has 1 saturated carbocycles. The monoisotopic (exact) mass is 596 g/mol. The molecule has 0 nitrogen and oxygen atoms in total. The van der Waals surface area contributed by atoms with E-state index in [0.29, 0.717) is 0 Å². The van der Waals surface area contributed by atoms with E-state index in [4.69, 9.17) is 0 Å². The van der Waals surface area contributed by atoms with Gasteiger partial charge in [-0.05, 0) is 43.1 Å². The zero-order valence-corrected chi connectivity index (χ0v) is 25.1. The number of benzene rings is 3. The van der Waals surface area contributed by atoms with E-state index in [1.54, 1.807) is 8.58 Å². The molecule has 3 aromatic carbocycles. The number of hydrogen-bond donors (Lipinski definition) is 0. The first kappa shape index (κ1) is 30.8. The van der Waals surface area contributed by atoms with Gasteiger partial charge in [0.25, 0.3) is 0 Å². The van der Waals surface area contributed by atoms with E-state index >= 15 is 0 Å². The molecule has 0 saturated heterocycles. The van der Waals surface area contributed by atoms with Crippen LogP contribution in [0.5, 0.6) is 0 Å². The summed E-state index contributed by atoms with van der Waals surface area (Å²) in [6.45, 7) is 9.01. The average Bonchev–Trinajstić information content (AvgIpc) is 3.35. The first-order chi connectivity index (χ1) is 17.0. The van der Waals surface area contributed by atoms with Gasteiger partial charge in [0.15, 0.2) is 0 Å². The van der Waals surface area contributed by atoms with Gasteiger partial charge in [0.05, 0.1) is 0 Å². The second kappa shape index (κ2) is 17.2. The molecule has 0 amide bonds. The minimum absolute atomic E-state index is 0. The van der Waals surface area contributed by atoms with Gasteiger partial charge in [0.1, 0.15) is 0 Å². The number of rotatable bonds is 5. The maximum atomic E-state index is 2.25. The Kier molecular flexibility index (Phi) is 14.7. The zero-order chi connectivity index (χ0) is 24.9. The van der Waals surface area contributed by atoms with Crippen molar-refractivity contribution in [3.8, 4) is 0 Å². The van der Waals surface area contributed by atoms with E-state index in [-0.39, 0.29) is 19.5 Å². The fourth-order valence-electron chi connectivity index (χ4n) is 3.84. The first-order valence-corrected chi connectivity index (χ1v) is 14.7. The summed E-state index contributed by atoms with van der Waals surface area (Å²) in [6, 6.07) is 32.3. The first-order valence-electron chi connectivity index (χ1n) is 12.3. The fraction of sp³-hybridized carbons (Fsp3) is 0.182. The largest absolute Gasteiger partial charge is 2.00 e. The Hall–Kier alpha value is -1.38. The van der Waals surface area contributed by atoms with Crippen LogP contribution in [0.2, 0.25) is 0 Å². The summed E-state index contributed by atoms with van der Waals surface area (Å²) in [5, 5.41) is 4.19. The second-order valence-electron chi connectivity index (χ2n) is 8.83. The molecule has 0 spiro atoms. The van der Waals surface area contributed by atoms with Gasteiger partial charge in [-0.1, -0.05) is 143 Å².